The molecule has 2 heterocycles. The fourth-order valence-electron chi connectivity index (χ4n) is 4.42. The van der Waals surface area contributed by atoms with Gasteiger partial charge in [0.2, 0.25) is 5.91 Å². The zero-order chi connectivity index (χ0) is 29.3. The highest BCUT2D eigenvalue weighted by molar-refractivity contribution is 7.86. The monoisotopic (exact) mass is 585 g/mol. The van der Waals surface area contributed by atoms with Crippen LogP contribution in [0.2, 0.25) is 0 Å². The molecule has 2 aliphatic rings. The molecule has 222 valence electrons. The summed E-state index contributed by atoms with van der Waals surface area (Å²) < 4.78 is 50.8. The quantitative estimate of drug-likeness (QED) is 0.180. The Hall–Kier alpha value is -3.59. The number of nitrogens with one attached hydrogen (secondary N) is 1. The molecule has 14 nitrogen and oxygen atoms in total. The molecule has 15 heteroatoms. The molecule has 3 rings (SSSR count). The number of esters is 2. The van der Waals surface area contributed by atoms with E-state index in [0.29, 0.717) is 37.2 Å². The number of hydrogen-bond donors (Lipinski definition) is 1. The van der Waals surface area contributed by atoms with Crippen LogP contribution in [0.5, 0.6) is 11.5 Å². The Bertz CT molecular complexity index is 1170. The number of rotatable bonds is 15. The normalized spacial score (nSPS) is 18.3. The second-order valence-electron chi connectivity index (χ2n) is 9.13. The Morgan fingerprint density at radius 3 is 2.38 bits per heavy atom. The fourth-order valence-corrected chi connectivity index (χ4v) is 5.48. The summed E-state index contributed by atoms with van der Waals surface area (Å²) in [5.41, 5.74) is 0.166. The molecule has 2 saturated heterocycles. The lowest BCUT2D eigenvalue weighted by Gasteiger charge is -2.29. The van der Waals surface area contributed by atoms with E-state index in [9.17, 15) is 27.6 Å². The summed E-state index contributed by atoms with van der Waals surface area (Å²) in [6.07, 6.45) is 1.89. The molecule has 0 aromatic heterocycles. The predicted molar refractivity (Wildman–Crippen MR) is 139 cm³/mol. The maximum Gasteiger partial charge on any atom is 0.346 e. The van der Waals surface area contributed by atoms with Crippen molar-refractivity contribution in [1.82, 2.24) is 15.3 Å². The summed E-state index contributed by atoms with van der Waals surface area (Å²) >= 11 is 0. The van der Waals surface area contributed by atoms with Gasteiger partial charge in [0.1, 0.15) is 23.1 Å². The zero-order valence-electron chi connectivity index (χ0n) is 22.8. The number of benzene rings is 1. The number of fused-ring (bicyclic) bond motifs is 2. The number of amides is 3. The minimum Gasteiger partial charge on any atom is -0.496 e. The van der Waals surface area contributed by atoms with Crippen molar-refractivity contribution in [2.45, 2.75) is 57.5 Å². The molecule has 40 heavy (non-hydrogen) atoms. The Kier molecular flexibility index (Phi) is 11.0. The second kappa shape index (κ2) is 14.2. The summed E-state index contributed by atoms with van der Waals surface area (Å²) in [6, 6.07) is 2.87. The maximum absolute atomic E-state index is 12.8. The van der Waals surface area contributed by atoms with Crippen LogP contribution in [0, 0.1) is 0 Å². The third-order valence-electron chi connectivity index (χ3n) is 6.49. The van der Waals surface area contributed by atoms with Gasteiger partial charge in [-0.2, -0.15) is 13.5 Å². The van der Waals surface area contributed by atoms with Crippen molar-refractivity contribution in [2.75, 3.05) is 39.9 Å². The van der Waals surface area contributed by atoms with Crippen molar-refractivity contribution in [3.8, 4) is 11.5 Å². The van der Waals surface area contributed by atoms with E-state index in [1.165, 1.54) is 19.1 Å². The van der Waals surface area contributed by atoms with E-state index in [1.807, 2.05) is 0 Å². The standard InChI is InChI=1S/C25H35N3O11S/c1-4-21(29)38-16-26-23(30)18-12-11-17-15-27(18)25(32)28(17)39-40(33,34)14-7-5-6-13-37-24(31)22-19(35-2)9-8-10-20(22)36-3/h8-10,17-18H,4-7,11-16H2,1-3H3,(H,26,30)/t17-,18+/m1/s1. The highest BCUT2D eigenvalue weighted by Crippen LogP contribution is 2.31. The van der Waals surface area contributed by atoms with Crippen LogP contribution in [0.4, 0.5) is 4.79 Å². The first-order chi connectivity index (χ1) is 19.1. The molecule has 2 atom stereocenters. The first-order valence-electron chi connectivity index (χ1n) is 12.9. The first-order valence-corrected chi connectivity index (χ1v) is 14.5. The molecule has 3 amide bonds. The van der Waals surface area contributed by atoms with E-state index in [2.05, 4.69) is 5.32 Å². The largest absolute Gasteiger partial charge is 0.496 e. The summed E-state index contributed by atoms with van der Waals surface area (Å²) in [4.78, 5) is 50.3. The molecule has 0 unspecified atom stereocenters. The Labute approximate surface area is 232 Å². The Morgan fingerprint density at radius 2 is 1.73 bits per heavy atom. The summed E-state index contributed by atoms with van der Waals surface area (Å²) in [5, 5.41) is 3.28. The number of nitrogens with zero attached hydrogens (tertiary/aromatic N) is 2. The van der Waals surface area contributed by atoms with Crippen LogP contribution in [-0.4, -0.2) is 94.2 Å². The molecule has 2 aliphatic heterocycles. The second-order valence-corrected chi connectivity index (χ2v) is 10.8. The van der Waals surface area contributed by atoms with Gasteiger partial charge in [-0.1, -0.05) is 13.0 Å². The molecule has 0 radical (unpaired) electrons. The van der Waals surface area contributed by atoms with Gasteiger partial charge in [-0.25, -0.2) is 9.59 Å². The van der Waals surface area contributed by atoms with Crippen molar-refractivity contribution in [2.24, 2.45) is 0 Å². The molecule has 0 spiro atoms. The molecule has 1 aromatic rings. The number of methoxy groups -OCH3 is 2. The van der Waals surface area contributed by atoms with Crippen LogP contribution in [0.25, 0.3) is 0 Å². The molecule has 0 saturated carbocycles. The van der Waals surface area contributed by atoms with E-state index >= 15 is 0 Å². The number of urea groups is 1. The lowest BCUT2D eigenvalue weighted by atomic mass is 10.0. The van der Waals surface area contributed by atoms with E-state index < -0.39 is 46.1 Å². The van der Waals surface area contributed by atoms with Crippen molar-refractivity contribution in [3.05, 3.63) is 23.8 Å². The van der Waals surface area contributed by atoms with Gasteiger partial charge in [0.15, 0.2) is 6.73 Å². The van der Waals surface area contributed by atoms with Crippen LogP contribution in [0.3, 0.4) is 0 Å². The van der Waals surface area contributed by atoms with Gasteiger partial charge in [0, 0.05) is 13.0 Å². The van der Waals surface area contributed by atoms with Gasteiger partial charge >= 0.3 is 18.0 Å². The topological polar surface area (TPSA) is 167 Å². The molecule has 0 aliphatic carbocycles. The number of ether oxygens (including phenoxy) is 4. The fraction of sp³-hybridized carbons (Fsp3) is 0.600. The average molecular weight is 586 g/mol. The third kappa shape index (κ3) is 7.75. The van der Waals surface area contributed by atoms with Crippen LogP contribution in [0.15, 0.2) is 18.2 Å². The van der Waals surface area contributed by atoms with Gasteiger partial charge in [0.05, 0.1) is 32.6 Å². The van der Waals surface area contributed by atoms with Crippen LogP contribution < -0.4 is 14.8 Å². The molecule has 1 N–H and O–H groups in total. The van der Waals surface area contributed by atoms with Gasteiger partial charge in [-0.05, 0) is 44.2 Å². The number of carbonyl (C=O) groups excluding carboxylic acids is 4. The Balaban J connectivity index is 1.41. The average Bonchev–Trinajstić information content (AvgIpc) is 3.17. The lowest BCUT2D eigenvalue weighted by molar-refractivity contribution is -0.145. The third-order valence-corrected chi connectivity index (χ3v) is 7.67. The number of piperidine rings is 1. The van der Waals surface area contributed by atoms with E-state index in [4.69, 9.17) is 23.2 Å². The van der Waals surface area contributed by atoms with E-state index in [1.54, 1.807) is 25.1 Å². The number of unbranched alkanes of at least 4 members (excludes halogenated alkanes) is 2. The molecule has 2 fully saturated rings. The van der Waals surface area contributed by atoms with Crippen molar-refractivity contribution < 1.29 is 50.8 Å². The molecular formula is C25H35N3O11S. The molecule has 2 bridgehead atoms. The Morgan fingerprint density at radius 1 is 1.02 bits per heavy atom. The van der Waals surface area contributed by atoms with E-state index in [-0.39, 0.29) is 44.0 Å². The summed E-state index contributed by atoms with van der Waals surface area (Å²) in [6.45, 7) is 1.51. The smallest absolute Gasteiger partial charge is 0.346 e. The van der Waals surface area contributed by atoms with Crippen molar-refractivity contribution >= 4 is 34.0 Å². The highest BCUT2D eigenvalue weighted by atomic mass is 32.2. The number of hydrogen-bond acceptors (Lipinski definition) is 11. The van der Waals surface area contributed by atoms with Crippen LogP contribution in [0.1, 0.15) is 55.8 Å². The number of hydroxylamine groups is 2. The van der Waals surface area contributed by atoms with Gasteiger partial charge < -0.3 is 29.2 Å². The minimum absolute atomic E-state index is 0.0592. The molecular weight excluding hydrogens is 550 g/mol. The predicted octanol–water partition coefficient (Wildman–Crippen LogP) is 1.59. The van der Waals surface area contributed by atoms with Crippen LogP contribution in [-0.2, 0) is 33.5 Å². The van der Waals surface area contributed by atoms with Crippen molar-refractivity contribution in [1.29, 1.82) is 0 Å². The maximum atomic E-state index is 12.8. The lowest BCUT2D eigenvalue weighted by Crippen LogP contribution is -2.50. The van der Waals surface area contributed by atoms with Gasteiger partial charge in [0.25, 0.3) is 10.1 Å². The van der Waals surface area contributed by atoms with Gasteiger partial charge in [-0.15, -0.1) is 4.28 Å². The SMILES string of the molecule is CCC(=O)OCNC(=O)[C@@H]1CC[C@@H]2CN1C(=O)N2OS(=O)(=O)CCCCCOC(=O)c1c(OC)cccc1OC. The number of carbonyl (C=O) groups is 4. The van der Waals surface area contributed by atoms with Crippen molar-refractivity contribution in [3.63, 3.8) is 0 Å². The van der Waals surface area contributed by atoms with E-state index in [0.717, 1.165) is 5.06 Å². The summed E-state index contributed by atoms with van der Waals surface area (Å²) in [7, 11) is -1.23. The van der Waals surface area contributed by atoms with Crippen LogP contribution >= 0.6 is 0 Å². The molecule has 1 aromatic carbocycles. The first kappa shape index (κ1) is 30.9. The van der Waals surface area contributed by atoms with Gasteiger partial charge in [-0.3, -0.25) is 9.59 Å². The summed E-state index contributed by atoms with van der Waals surface area (Å²) in [5.74, 6) is -1.30. The zero-order valence-corrected chi connectivity index (χ0v) is 23.6. The minimum atomic E-state index is -4.09. The highest BCUT2D eigenvalue weighted by Gasteiger charge is 2.49.